The lowest BCUT2D eigenvalue weighted by Crippen LogP contribution is -2.28. The van der Waals surface area contributed by atoms with Crippen LogP contribution in [0, 0.1) is 17.3 Å². The first kappa shape index (κ1) is 14.6. The highest BCUT2D eigenvalue weighted by Gasteiger charge is 2.65. The van der Waals surface area contributed by atoms with Gasteiger partial charge in [-0.2, -0.15) is 0 Å². The fourth-order valence-corrected chi connectivity index (χ4v) is 3.22. The van der Waals surface area contributed by atoms with E-state index < -0.39 is 23.2 Å². The minimum Gasteiger partial charge on any atom is -0.481 e. The SMILES string of the molecule is Cn1c(CNC(=O)[C@@H]2[C@H](C(=O)O)C2(C)C)nc2ccccc21. The van der Waals surface area contributed by atoms with Crippen LogP contribution in [0.5, 0.6) is 0 Å². The highest BCUT2D eigenvalue weighted by Crippen LogP contribution is 2.58. The van der Waals surface area contributed by atoms with Gasteiger partial charge in [0.25, 0.3) is 0 Å². The molecule has 0 saturated heterocycles. The molecule has 6 nitrogen and oxygen atoms in total. The van der Waals surface area contributed by atoms with Gasteiger partial charge in [0.15, 0.2) is 0 Å². The minimum absolute atomic E-state index is 0.218. The topological polar surface area (TPSA) is 84.2 Å². The molecule has 0 unspecified atom stereocenters. The standard InChI is InChI=1S/C16H19N3O3/c1-16(2)12(13(16)15(21)22)14(20)17-8-11-18-9-6-4-5-7-10(9)19(11)3/h4-7,12-13H,8H2,1-3H3,(H,17,20)(H,21,22)/t12-,13+/m0/s1. The molecular weight excluding hydrogens is 282 g/mol. The predicted molar refractivity (Wildman–Crippen MR) is 81.0 cm³/mol. The number of aliphatic carboxylic acids is 1. The van der Waals surface area contributed by atoms with E-state index in [0.29, 0.717) is 6.54 Å². The van der Waals surface area contributed by atoms with Gasteiger partial charge < -0.3 is 15.0 Å². The average Bonchev–Trinajstić information content (AvgIpc) is 2.91. The lowest BCUT2D eigenvalue weighted by molar-refractivity contribution is -0.140. The summed E-state index contributed by atoms with van der Waals surface area (Å²) in [6, 6.07) is 7.75. The van der Waals surface area contributed by atoms with Crippen LogP contribution in [0.3, 0.4) is 0 Å². The number of hydrogen-bond acceptors (Lipinski definition) is 3. The number of carboxylic acid groups (broad SMARTS) is 1. The van der Waals surface area contributed by atoms with Gasteiger partial charge in [-0.15, -0.1) is 0 Å². The van der Waals surface area contributed by atoms with Crippen LogP contribution < -0.4 is 5.32 Å². The fraction of sp³-hybridized carbons (Fsp3) is 0.438. The maximum Gasteiger partial charge on any atom is 0.307 e. The summed E-state index contributed by atoms with van der Waals surface area (Å²) < 4.78 is 1.93. The van der Waals surface area contributed by atoms with Crippen molar-refractivity contribution in [2.75, 3.05) is 0 Å². The van der Waals surface area contributed by atoms with Gasteiger partial charge in [-0.25, -0.2) is 4.98 Å². The van der Waals surface area contributed by atoms with E-state index in [0.717, 1.165) is 16.9 Å². The molecule has 6 heteroatoms. The van der Waals surface area contributed by atoms with Crippen molar-refractivity contribution in [3.8, 4) is 0 Å². The third-order valence-electron chi connectivity index (χ3n) is 4.68. The van der Waals surface area contributed by atoms with Crippen LogP contribution in [0.25, 0.3) is 11.0 Å². The van der Waals surface area contributed by atoms with Crippen molar-refractivity contribution in [2.45, 2.75) is 20.4 Å². The van der Waals surface area contributed by atoms with E-state index in [1.807, 2.05) is 49.7 Å². The van der Waals surface area contributed by atoms with Crippen molar-refractivity contribution >= 4 is 22.9 Å². The Morgan fingerprint density at radius 2 is 2.00 bits per heavy atom. The molecule has 1 fully saturated rings. The van der Waals surface area contributed by atoms with Crippen LogP contribution in [0.4, 0.5) is 0 Å². The Balaban J connectivity index is 1.71. The summed E-state index contributed by atoms with van der Waals surface area (Å²) in [5, 5.41) is 12.0. The zero-order chi connectivity index (χ0) is 16.1. The van der Waals surface area contributed by atoms with Crippen LogP contribution >= 0.6 is 0 Å². The third-order valence-corrected chi connectivity index (χ3v) is 4.68. The van der Waals surface area contributed by atoms with E-state index in [4.69, 9.17) is 5.11 Å². The molecule has 2 atom stereocenters. The highest BCUT2D eigenvalue weighted by molar-refractivity contribution is 5.91. The van der Waals surface area contributed by atoms with Crippen molar-refractivity contribution in [3.63, 3.8) is 0 Å². The molecule has 3 rings (SSSR count). The number of benzene rings is 1. The summed E-state index contributed by atoms with van der Waals surface area (Å²) in [5.74, 6) is -1.45. The van der Waals surface area contributed by atoms with Crippen molar-refractivity contribution in [3.05, 3.63) is 30.1 Å². The number of imidazole rings is 1. The predicted octanol–water partition coefficient (Wildman–Crippen LogP) is 1.55. The summed E-state index contributed by atoms with van der Waals surface area (Å²) in [4.78, 5) is 27.9. The number of carbonyl (C=O) groups excluding carboxylic acids is 1. The molecule has 116 valence electrons. The Hall–Kier alpha value is -2.37. The van der Waals surface area contributed by atoms with Crippen LogP contribution in [0.1, 0.15) is 19.7 Å². The maximum absolute atomic E-state index is 12.2. The van der Waals surface area contributed by atoms with Gasteiger partial charge in [0.2, 0.25) is 5.91 Å². The summed E-state index contributed by atoms with van der Waals surface area (Å²) in [5.41, 5.74) is 1.40. The third kappa shape index (κ3) is 2.15. The molecule has 2 aromatic rings. The lowest BCUT2D eigenvalue weighted by Gasteiger charge is -2.06. The van der Waals surface area contributed by atoms with Crippen LogP contribution in [0.15, 0.2) is 24.3 Å². The van der Waals surface area contributed by atoms with E-state index in [9.17, 15) is 9.59 Å². The van der Waals surface area contributed by atoms with Gasteiger partial charge in [0, 0.05) is 7.05 Å². The molecule has 0 aliphatic heterocycles. The van der Waals surface area contributed by atoms with E-state index in [-0.39, 0.29) is 5.91 Å². The smallest absolute Gasteiger partial charge is 0.307 e. The number of carboxylic acids is 1. The molecule has 0 bridgehead atoms. The van der Waals surface area contributed by atoms with Gasteiger partial charge in [-0.1, -0.05) is 26.0 Å². The molecule has 1 saturated carbocycles. The normalized spacial score (nSPS) is 22.5. The second kappa shape index (κ2) is 4.83. The maximum atomic E-state index is 12.2. The molecule has 22 heavy (non-hydrogen) atoms. The number of fused-ring (bicyclic) bond motifs is 1. The first-order valence-corrected chi connectivity index (χ1v) is 7.25. The van der Waals surface area contributed by atoms with Crippen LogP contribution in [-0.2, 0) is 23.2 Å². The van der Waals surface area contributed by atoms with Crippen molar-refractivity contribution in [1.29, 1.82) is 0 Å². The Labute approximate surface area is 128 Å². The Morgan fingerprint density at radius 1 is 1.32 bits per heavy atom. The van der Waals surface area contributed by atoms with Gasteiger partial charge >= 0.3 is 5.97 Å². The summed E-state index contributed by atoms with van der Waals surface area (Å²) >= 11 is 0. The molecule has 2 N–H and O–H groups in total. The second-order valence-electron chi connectivity index (χ2n) is 6.41. The van der Waals surface area contributed by atoms with Gasteiger partial charge in [-0.3, -0.25) is 9.59 Å². The monoisotopic (exact) mass is 301 g/mol. The number of para-hydroxylation sites is 2. The number of aryl methyl sites for hydroxylation is 1. The molecule has 1 aliphatic carbocycles. The van der Waals surface area contributed by atoms with Crippen molar-refractivity contribution in [1.82, 2.24) is 14.9 Å². The fourth-order valence-electron chi connectivity index (χ4n) is 3.22. The Kier molecular flexibility index (Phi) is 3.20. The summed E-state index contributed by atoms with van der Waals surface area (Å²) in [7, 11) is 1.90. The molecule has 1 heterocycles. The zero-order valence-electron chi connectivity index (χ0n) is 12.8. The quantitative estimate of drug-likeness (QED) is 0.897. The number of carbonyl (C=O) groups is 2. The number of nitrogens with zero attached hydrogens (tertiary/aromatic N) is 2. The van der Waals surface area contributed by atoms with Crippen LogP contribution in [-0.4, -0.2) is 26.5 Å². The molecular formula is C16H19N3O3. The van der Waals surface area contributed by atoms with Crippen LogP contribution in [0.2, 0.25) is 0 Å². The molecule has 0 spiro atoms. The first-order chi connectivity index (χ1) is 10.3. The van der Waals surface area contributed by atoms with E-state index in [1.54, 1.807) is 0 Å². The number of hydrogen-bond donors (Lipinski definition) is 2. The molecule has 1 amide bonds. The van der Waals surface area contributed by atoms with Gasteiger partial charge in [-0.05, 0) is 17.5 Å². The summed E-state index contributed by atoms with van der Waals surface area (Å²) in [6.07, 6.45) is 0. The number of rotatable bonds is 4. The average molecular weight is 301 g/mol. The highest BCUT2D eigenvalue weighted by atomic mass is 16.4. The first-order valence-electron chi connectivity index (χ1n) is 7.25. The van der Waals surface area contributed by atoms with Gasteiger partial charge in [0.1, 0.15) is 5.82 Å². The van der Waals surface area contributed by atoms with Gasteiger partial charge in [0.05, 0.1) is 29.4 Å². The van der Waals surface area contributed by atoms with Crippen molar-refractivity contribution in [2.24, 2.45) is 24.3 Å². The minimum atomic E-state index is -0.909. The largest absolute Gasteiger partial charge is 0.481 e. The zero-order valence-corrected chi connectivity index (χ0v) is 12.8. The molecule has 1 aromatic heterocycles. The number of nitrogens with one attached hydrogen (secondary N) is 1. The number of aromatic nitrogens is 2. The molecule has 0 radical (unpaired) electrons. The Morgan fingerprint density at radius 3 is 2.59 bits per heavy atom. The lowest BCUT2D eigenvalue weighted by atomic mass is 10.1. The van der Waals surface area contributed by atoms with E-state index in [1.165, 1.54) is 0 Å². The molecule has 1 aliphatic rings. The molecule has 1 aromatic carbocycles. The number of amides is 1. The van der Waals surface area contributed by atoms with Crippen molar-refractivity contribution < 1.29 is 14.7 Å². The van der Waals surface area contributed by atoms with E-state index in [2.05, 4.69) is 10.3 Å². The Bertz CT molecular complexity index is 763. The summed E-state index contributed by atoms with van der Waals surface area (Å²) in [6.45, 7) is 3.92. The second-order valence-corrected chi connectivity index (χ2v) is 6.41. The van der Waals surface area contributed by atoms with E-state index >= 15 is 0 Å².